The lowest BCUT2D eigenvalue weighted by molar-refractivity contribution is 0.0522. The molecule has 0 radical (unpaired) electrons. The number of nitrogens with two attached hydrogens (primary N) is 1. The molecule has 0 atom stereocenters. The van der Waals surface area contributed by atoms with Gasteiger partial charge in [-0.2, -0.15) is 9.61 Å². The Morgan fingerprint density at radius 3 is 2.75 bits per heavy atom. The van der Waals surface area contributed by atoms with Crippen LogP contribution in [-0.4, -0.2) is 36.4 Å². The average molecular weight is 348 g/mol. The first-order valence-electron chi connectivity index (χ1n) is 7.32. The van der Waals surface area contributed by atoms with Gasteiger partial charge in [-0.3, -0.25) is 0 Å². The number of aromatic nitrogens is 4. The van der Waals surface area contributed by atoms with Crippen molar-refractivity contribution in [1.29, 1.82) is 0 Å². The van der Waals surface area contributed by atoms with E-state index in [4.69, 9.17) is 22.7 Å². The maximum absolute atomic E-state index is 11.7. The number of allylic oxidation sites excluding steroid dienone is 2. The molecule has 128 valence electrons. The SMILES string of the molecule is CC(N)=CC(=S)c1ccc2nnc(CNC(=O)OC(C)(C)C)n2n1. The van der Waals surface area contributed by atoms with Crippen LogP contribution in [0, 0.1) is 0 Å². The van der Waals surface area contributed by atoms with Crippen LogP contribution in [0.15, 0.2) is 23.9 Å². The van der Waals surface area contributed by atoms with Crippen molar-refractivity contribution >= 4 is 28.8 Å². The molecule has 0 bridgehead atoms. The lowest BCUT2D eigenvalue weighted by atomic mass is 10.2. The zero-order chi connectivity index (χ0) is 17.9. The van der Waals surface area contributed by atoms with Crippen LogP contribution >= 0.6 is 12.2 Å². The number of fused-ring (bicyclic) bond motifs is 1. The number of amides is 1. The number of hydrogen-bond acceptors (Lipinski definition) is 7. The monoisotopic (exact) mass is 348 g/mol. The van der Waals surface area contributed by atoms with Gasteiger partial charge in [-0.25, -0.2) is 4.79 Å². The number of ether oxygens (including phenoxy) is 1. The molecule has 0 fully saturated rings. The Balaban J connectivity index is 2.18. The fraction of sp³-hybridized carbons (Fsp3) is 0.400. The fourth-order valence-corrected chi connectivity index (χ4v) is 2.12. The van der Waals surface area contributed by atoms with Crippen molar-refractivity contribution in [2.75, 3.05) is 0 Å². The molecule has 0 unspecified atom stereocenters. The zero-order valence-corrected chi connectivity index (χ0v) is 14.8. The summed E-state index contributed by atoms with van der Waals surface area (Å²) in [6.07, 6.45) is 1.12. The van der Waals surface area contributed by atoms with E-state index in [1.54, 1.807) is 45.9 Å². The van der Waals surface area contributed by atoms with Crippen LogP contribution in [0.5, 0.6) is 0 Å². The van der Waals surface area contributed by atoms with Gasteiger partial charge in [0, 0.05) is 5.70 Å². The van der Waals surface area contributed by atoms with Gasteiger partial charge < -0.3 is 15.8 Å². The van der Waals surface area contributed by atoms with E-state index in [1.165, 1.54) is 4.52 Å². The summed E-state index contributed by atoms with van der Waals surface area (Å²) in [5, 5.41) is 15.1. The Hall–Kier alpha value is -2.55. The molecular formula is C15H20N6O2S. The van der Waals surface area contributed by atoms with E-state index < -0.39 is 11.7 Å². The second-order valence-electron chi connectivity index (χ2n) is 6.21. The quantitative estimate of drug-likeness (QED) is 0.492. The van der Waals surface area contributed by atoms with Crippen LogP contribution in [0.1, 0.15) is 39.2 Å². The normalized spacial score (nSPS) is 12.2. The van der Waals surface area contributed by atoms with Gasteiger partial charge in [0.05, 0.1) is 11.4 Å². The second kappa shape index (κ2) is 6.91. The van der Waals surface area contributed by atoms with Crippen LogP contribution in [0.4, 0.5) is 4.79 Å². The molecule has 1 amide bonds. The van der Waals surface area contributed by atoms with E-state index in [-0.39, 0.29) is 6.54 Å². The molecule has 0 aromatic carbocycles. The molecule has 2 heterocycles. The first kappa shape index (κ1) is 17.8. The summed E-state index contributed by atoms with van der Waals surface area (Å²) in [5.41, 5.74) is 6.79. The number of carbonyl (C=O) groups excluding carboxylic acids is 1. The van der Waals surface area contributed by atoms with Gasteiger partial charge in [0.15, 0.2) is 11.5 Å². The summed E-state index contributed by atoms with van der Waals surface area (Å²) in [5.74, 6) is 0.467. The van der Waals surface area contributed by atoms with Crippen molar-refractivity contribution < 1.29 is 9.53 Å². The number of carbonyl (C=O) groups is 1. The molecule has 0 aliphatic heterocycles. The maximum atomic E-state index is 11.7. The summed E-state index contributed by atoms with van der Waals surface area (Å²) in [6.45, 7) is 7.26. The molecule has 2 rings (SSSR count). The van der Waals surface area contributed by atoms with E-state index in [9.17, 15) is 4.79 Å². The average Bonchev–Trinajstić information content (AvgIpc) is 2.84. The first-order valence-corrected chi connectivity index (χ1v) is 7.73. The topological polar surface area (TPSA) is 107 Å². The molecule has 0 aliphatic rings. The minimum absolute atomic E-state index is 0.130. The van der Waals surface area contributed by atoms with E-state index in [0.717, 1.165) is 0 Å². The van der Waals surface area contributed by atoms with Crippen LogP contribution in [0.3, 0.4) is 0 Å². The lowest BCUT2D eigenvalue weighted by Crippen LogP contribution is -2.32. The summed E-state index contributed by atoms with van der Waals surface area (Å²) in [6, 6.07) is 3.50. The van der Waals surface area contributed by atoms with Crippen molar-refractivity contribution in [3.05, 3.63) is 35.4 Å². The molecule has 0 saturated heterocycles. The van der Waals surface area contributed by atoms with Crippen LogP contribution in [0.2, 0.25) is 0 Å². The number of nitrogens with one attached hydrogen (secondary N) is 1. The molecule has 0 saturated carbocycles. The third-order valence-corrected chi connectivity index (χ3v) is 3.06. The summed E-state index contributed by atoms with van der Waals surface area (Å²) in [4.78, 5) is 12.2. The third kappa shape index (κ3) is 4.72. The lowest BCUT2D eigenvalue weighted by Gasteiger charge is -2.19. The van der Waals surface area contributed by atoms with Crippen molar-refractivity contribution in [3.8, 4) is 0 Å². The summed E-state index contributed by atoms with van der Waals surface area (Å²) < 4.78 is 6.71. The molecular weight excluding hydrogens is 328 g/mol. The zero-order valence-electron chi connectivity index (χ0n) is 14.0. The van der Waals surface area contributed by atoms with Crippen LogP contribution in [-0.2, 0) is 11.3 Å². The molecule has 3 N–H and O–H groups in total. The number of thiocarbonyl (C=S) groups is 1. The highest BCUT2D eigenvalue weighted by atomic mass is 32.1. The number of hydrogen-bond donors (Lipinski definition) is 2. The molecule has 9 heteroatoms. The van der Waals surface area contributed by atoms with Gasteiger partial charge in [-0.1, -0.05) is 12.2 Å². The van der Waals surface area contributed by atoms with E-state index in [1.807, 2.05) is 0 Å². The fourth-order valence-electron chi connectivity index (χ4n) is 1.82. The van der Waals surface area contributed by atoms with Gasteiger partial charge in [-0.05, 0) is 45.9 Å². The minimum atomic E-state index is -0.568. The Morgan fingerprint density at radius 1 is 1.42 bits per heavy atom. The minimum Gasteiger partial charge on any atom is -0.444 e. The van der Waals surface area contributed by atoms with Crippen molar-refractivity contribution in [3.63, 3.8) is 0 Å². The van der Waals surface area contributed by atoms with Crippen LogP contribution in [0.25, 0.3) is 5.65 Å². The number of rotatable bonds is 4. The maximum Gasteiger partial charge on any atom is 0.408 e. The molecule has 0 spiro atoms. The summed E-state index contributed by atoms with van der Waals surface area (Å²) in [7, 11) is 0. The van der Waals surface area contributed by atoms with Gasteiger partial charge in [0.2, 0.25) is 0 Å². The smallest absolute Gasteiger partial charge is 0.408 e. The highest BCUT2D eigenvalue weighted by Crippen LogP contribution is 2.08. The highest BCUT2D eigenvalue weighted by Gasteiger charge is 2.17. The van der Waals surface area contributed by atoms with Crippen molar-refractivity contribution in [2.24, 2.45) is 5.73 Å². The number of alkyl carbamates (subject to hydrolysis) is 1. The van der Waals surface area contributed by atoms with Gasteiger partial charge in [-0.15, -0.1) is 10.2 Å². The first-order chi connectivity index (χ1) is 11.2. The predicted octanol–water partition coefficient (Wildman–Crippen LogP) is 1.73. The van der Waals surface area contributed by atoms with Gasteiger partial charge in [0.25, 0.3) is 0 Å². The predicted molar refractivity (Wildman–Crippen MR) is 93.5 cm³/mol. The highest BCUT2D eigenvalue weighted by molar-refractivity contribution is 7.81. The Bertz CT molecular complexity index is 802. The Kier molecular flexibility index (Phi) is 5.13. The molecule has 2 aromatic heterocycles. The van der Waals surface area contributed by atoms with Gasteiger partial charge in [0.1, 0.15) is 11.3 Å². The molecule has 8 nitrogen and oxygen atoms in total. The standard InChI is InChI=1S/C15H20N6O2S/c1-9(16)7-11(24)10-5-6-12-18-19-13(21(12)20-10)8-17-14(22)23-15(2,3)4/h5-7H,8,16H2,1-4H3,(H,17,22). The van der Waals surface area contributed by atoms with Crippen molar-refractivity contribution in [2.45, 2.75) is 39.8 Å². The number of nitrogens with zero attached hydrogens (tertiary/aromatic N) is 4. The second-order valence-corrected chi connectivity index (χ2v) is 6.65. The van der Waals surface area contributed by atoms with E-state index >= 15 is 0 Å². The molecule has 24 heavy (non-hydrogen) atoms. The Morgan fingerprint density at radius 2 is 2.12 bits per heavy atom. The van der Waals surface area contributed by atoms with Crippen molar-refractivity contribution in [1.82, 2.24) is 25.1 Å². The molecule has 2 aromatic rings. The third-order valence-electron chi connectivity index (χ3n) is 2.73. The molecule has 0 aliphatic carbocycles. The Labute approximate surface area is 145 Å². The summed E-state index contributed by atoms with van der Waals surface area (Å²) >= 11 is 5.28. The largest absolute Gasteiger partial charge is 0.444 e. The van der Waals surface area contributed by atoms with E-state index in [2.05, 4.69) is 20.6 Å². The van der Waals surface area contributed by atoms with E-state index in [0.29, 0.717) is 27.7 Å². The van der Waals surface area contributed by atoms with Crippen LogP contribution < -0.4 is 11.1 Å². The van der Waals surface area contributed by atoms with Gasteiger partial charge >= 0.3 is 6.09 Å².